The van der Waals surface area contributed by atoms with Crippen LogP contribution in [0.1, 0.15) is 0 Å². The van der Waals surface area contributed by atoms with E-state index in [0.29, 0.717) is 0 Å². The van der Waals surface area contributed by atoms with Crippen LogP contribution in [0.2, 0.25) is 0 Å². The molecule has 0 spiro atoms. The Balaban J connectivity index is 2.58. The largest absolute Gasteiger partial charge is 0.368 e. The summed E-state index contributed by atoms with van der Waals surface area (Å²) in [6.07, 6.45) is 3.29. The molecule has 0 bridgehead atoms. The Morgan fingerprint density at radius 1 is 1.78 bits per heavy atom. The van der Waals surface area contributed by atoms with Gasteiger partial charge in [-0.1, -0.05) is 0 Å². The van der Waals surface area contributed by atoms with E-state index >= 15 is 0 Å². The summed E-state index contributed by atoms with van der Waals surface area (Å²) in [4.78, 5) is 10.2. The van der Waals surface area contributed by atoms with Crippen LogP contribution in [0.4, 0.5) is 0 Å². The molecule has 2 N–H and O–H groups in total. The summed E-state index contributed by atoms with van der Waals surface area (Å²) >= 11 is 0. The SMILES string of the molecule is NC(=O)Cn1cccn1. The number of aromatic nitrogens is 2. The van der Waals surface area contributed by atoms with Gasteiger partial charge in [-0.05, 0) is 6.07 Å². The van der Waals surface area contributed by atoms with E-state index in [-0.39, 0.29) is 12.5 Å². The van der Waals surface area contributed by atoms with Crippen molar-refractivity contribution in [2.45, 2.75) is 6.54 Å². The quantitative estimate of drug-likeness (QED) is 0.572. The molecule has 0 saturated heterocycles. The molecule has 0 atom stereocenters. The fourth-order valence-electron chi connectivity index (χ4n) is 0.554. The molecule has 1 amide bonds. The highest BCUT2D eigenvalue weighted by atomic mass is 16.1. The lowest BCUT2D eigenvalue weighted by molar-refractivity contribution is -0.118. The van der Waals surface area contributed by atoms with Gasteiger partial charge in [-0.3, -0.25) is 9.48 Å². The fourth-order valence-corrected chi connectivity index (χ4v) is 0.554. The van der Waals surface area contributed by atoms with Crippen LogP contribution in [0.3, 0.4) is 0 Å². The first-order valence-corrected chi connectivity index (χ1v) is 2.55. The third-order valence-electron chi connectivity index (χ3n) is 0.877. The van der Waals surface area contributed by atoms with Gasteiger partial charge in [-0.25, -0.2) is 0 Å². The van der Waals surface area contributed by atoms with Crippen molar-refractivity contribution in [2.24, 2.45) is 5.73 Å². The molecule has 9 heavy (non-hydrogen) atoms. The number of primary amides is 1. The van der Waals surface area contributed by atoms with Gasteiger partial charge in [0.2, 0.25) is 5.91 Å². The first kappa shape index (κ1) is 5.81. The van der Waals surface area contributed by atoms with Crippen LogP contribution in [0.15, 0.2) is 18.5 Å². The first-order valence-electron chi connectivity index (χ1n) is 2.55. The minimum absolute atomic E-state index is 0.160. The lowest BCUT2D eigenvalue weighted by atomic mass is 10.6. The highest BCUT2D eigenvalue weighted by Crippen LogP contribution is 1.81. The van der Waals surface area contributed by atoms with Crippen molar-refractivity contribution in [3.63, 3.8) is 0 Å². The molecule has 1 rings (SSSR count). The van der Waals surface area contributed by atoms with Crippen LogP contribution in [-0.2, 0) is 11.3 Å². The van der Waals surface area contributed by atoms with Crippen molar-refractivity contribution in [2.75, 3.05) is 0 Å². The smallest absolute Gasteiger partial charge is 0.239 e. The van der Waals surface area contributed by atoms with E-state index in [2.05, 4.69) is 5.10 Å². The second kappa shape index (κ2) is 2.30. The Hall–Kier alpha value is -1.32. The summed E-state index contributed by atoms with van der Waals surface area (Å²) in [5, 5.41) is 3.77. The predicted octanol–water partition coefficient (Wildman–Crippen LogP) is -0.632. The van der Waals surface area contributed by atoms with Gasteiger partial charge in [0.15, 0.2) is 0 Å². The normalized spacial score (nSPS) is 9.33. The molecule has 0 aliphatic heterocycles. The zero-order chi connectivity index (χ0) is 6.69. The predicted molar refractivity (Wildman–Crippen MR) is 31.4 cm³/mol. The molecule has 4 heteroatoms. The summed E-state index contributed by atoms with van der Waals surface area (Å²) in [6, 6.07) is 1.74. The topological polar surface area (TPSA) is 60.9 Å². The summed E-state index contributed by atoms with van der Waals surface area (Å²) in [5.74, 6) is -0.376. The zero-order valence-corrected chi connectivity index (χ0v) is 4.82. The molecular weight excluding hydrogens is 118 g/mol. The van der Waals surface area contributed by atoms with E-state index in [0.717, 1.165) is 0 Å². The number of nitrogens with two attached hydrogens (primary N) is 1. The average molecular weight is 125 g/mol. The van der Waals surface area contributed by atoms with E-state index in [1.165, 1.54) is 4.68 Å². The van der Waals surface area contributed by atoms with Crippen LogP contribution in [-0.4, -0.2) is 15.7 Å². The Kier molecular flexibility index (Phi) is 1.48. The molecule has 0 aromatic carbocycles. The molecule has 0 saturated carbocycles. The molecule has 0 unspecified atom stereocenters. The molecule has 1 aromatic heterocycles. The van der Waals surface area contributed by atoms with Crippen LogP contribution < -0.4 is 5.73 Å². The third kappa shape index (κ3) is 1.56. The maximum atomic E-state index is 10.2. The van der Waals surface area contributed by atoms with Gasteiger partial charge >= 0.3 is 0 Å². The van der Waals surface area contributed by atoms with Crippen LogP contribution in [0, 0.1) is 0 Å². The highest BCUT2D eigenvalue weighted by Gasteiger charge is 1.93. The number of hydrogen-bond acceptors (Lipinski definition) is 2. The van der Waals surface area contributed by atoms with Gasteiger partial charge in [-0.2, -0.15) is 5.10 Å². The minimum atomic E-state index is -0.376. The van der Waals surface area contributed by atoms with Crippen molar-refractivity contribution in [1.82, 2.24) is 9.78 Å². The summed E-state index contributed by atoms with van der Waals surface area (Å²) in [7, 11) is 0. The Morgan fingerprint density at radius 3 is 3.00 bits per heavy atom. The molecule has 0 aliphatic rings. The number of carbonyl (C=O) groups is 1. The monoisotopic (exact) mass is 125 g/mol. The van der Waals surface area contributed by atoms with Crippen LogP contribution in [0.25, 0.3) is 0 Å². The van der Waals surface area contributed by atoms with Gasteiger partial charge in [0.25, 0.3) is 0 Å². The maximum absolute atomic E-state index is 10.2. The molecule has 0 radical (unpaired) electrons. The van der Waals surface area contributed by atoms with Crippen LogP contribution >= 0.6 is 0 Å². The average Bonchev–Trinajstić information content (AvgIpc) is 2.15. The number of nitrogens with zero attached hydrogens (tertiary/aromatic N) is 2. The fraction of sp³-hybridized carbons (Fsp3) is 0.200. The van der Waals surface area contributed by atoms with E-state index in [1.54, 1.807) is 18.5 Å². The van der Waals surface area contributed by atoms with Crippen molar-refractivity contribution in [3.8, 4) is 0 Å². The number of hydrogen-bond donors (Lipinski definition) is 1. The molecule has 0 aliphatic carbocycles. The Morgan fingerprint density at radius 2 is 2.56 bits per heavy atom. The zero-order valence-electron chi connectivity index (χ0n) is 4.82. The van der Waals surface area contributed by atoms with Crippen molar-refractivity contribution in [1.29, 1.82) is 0 Å². The highest BCUT2D eigenvalue weighted by molar-refractivity contribution is 5.73. The van der Waals surface area contributed by atoms with Crippen molar-refractivity contribution < 1.29 is 4.79 Å². The van der Waals surface area contributed by atoms with Gasteiger partial charge in [0, 0.05) is 12.4 Å². The van der Waals surface area contributed by atoms with E-state index in [9.17, 15) is 4.79 Å². The maximum Gasteiger partial charge on any atom is 0.239 e. The summed E-state index contributed by atoms with van der Waals surface area (Å²) in [5.41, 5.74) is 4.88. The molecule has 48 valence electrons. The Labute approximate surface area is 52.3 Å². The van der Waals surface area contributed by atoms with Crippen molar-refractivity contribution >= 4 is 5.91 Å². The first-order chi connectivity index (χ1) is 4.29. The van der Waals surface area contributed by atoms with Gasteiger partial charge in [-0.15, -0.1) is 0 Å². The number of amides is 1. The van der Waals surface area contributed by atoms with E-state index in [4.69, 9.17) is 5.73 Å². The van der Waals surface area contributed by atoms with E-state index in [1.807, 2.05) is 0 Å². The van der Waals surface area contributed by atoms with E-state index < -0.39 is 0 Å². The summed E-state index contributed by atoms with van der Waals surface area (Å²) < 4.78 is 1.47. The molecule has 0 fully saturated rings. The minimum Gasteiger partial charge on any atom is -0.368 e. The van der Waals surface area contributed by atoms with Crippen LogP contribution in [0.5, 0.6) is 0 Å². The van der Waals surface area contributed by atoms with Crippen molar-refractivity contribution in [3.05, 3.63) is 18.5 Å². The second-order valence-corrected chi connectivity index (χ2v) is 1.67. The Bertz CT molecular complexity index is 192. The third-order valence-corrected chi connectivity index (χ3v) is 0.877. The lowest BCUT2D eigenvalue weighted by Gasteiger charge is -1.92. The number of carbonyl (C=O) groups excluding carboxylic acids is 1. The standard InChI is InChI=1S/C5H7N3O/c6-5(9)4-8-3-1-2-7-8/h1-3H,4H2,(H2,6,9). The van der Waals surface area contributed by atoms with Gasteiger partial charge in [0.05, 0.1) is 0 Å². The molecule has 1 heterocycles. The van der Waals surface area contributed by atoms with Gasteiger partial charge < -0.3 is 5.73 Å². The summed E-state index contributed by atoms with van der Waals surface area (Å²) in [6.45, 7) is 0.160. The number of rotatable bonds is 2. The lowest BCUT2D eigenvalue weighted by Crippen LogP contribution is -2.18. The molecular formula is C5H7N3O. The molecule has 1 aromatic rings. The second-order valence-electron chi connectivity index (χ2n) is 1.67. The molecule has 4 nitrogen and oxygen atoms in total. The van der Waals surface area contributed by atoms with Gasteiger partial charge in [0.1, 0.15) is 6.54 Å².